The second-order valence-electron chi connectivity index (χ2n) is 3.74. The molecular formula is C13H9Br2NO3. The van der Waals surface area contributed by atoms with Gasteiger partial charge in [0.2, 0.25) is 0 Å². The predicted molar refractivity (Wildman–Crippen MR) is 79.9 cm³/mol. The Bertz CT molecular complexity index is 599. The van der Waals surface area contributed by atoms with Gasteiger partial charge in [0.25, 0.3) is 5.69 Å². The molecule has 0 aromatic heterocycles. The molecule has 0 aliphatic carbocycles. The van der Waals surface area contributed by atoms with E-state index in [1.807, 2.05) is 24.3 Å². The smallest absolute Gasteiger partial charge is 0.270 e. The van der Waals surface area contributed by atoms with Gasteiger partial charge in [-0.3, -0.25) is 10.1 Å². The van der Waals surface area contributed by atoms with Crippen LogP contribution in [0.4, 0.5) is 5.69 Å². The van der Waals surface area contributed by atoms with Gasteiger partial charge in [-0.1, -0.05) is 31.9 Å². The van der Waals surface area contributed by atoms with Crippen LogP contribution in [0.2, 0.25) is 0 Å². The third-order valence-electron chi connectivity index (χ3n) is 2.44. The van der Waals surface area contributed by atoms with Crippen molar-refractivity contribution >= 4 is 37.5 Å². The molecule has 0 bridgehead atoms. The maximum absolute atomic E-state index is 10.7. The Morgan fingerprint density at radius 3 is 2.42 bits per heavy atom. The summed E-state index contributed by atoms with van der Waals surface area (Å²) in [5.74, 6) is 1.28. The largest absolute Gasteiger partial charge is 0.457 e. The van der Waals surface area contributed by atoms with E-state index in [4.69, 9.17) is 4.74 Å². The van der Waals surface area contributed by atoms with E-state index >= 15 is 0 Å². The number of nitrogens with zero attached hydrogens (tertiary/aromatic N) is 1. The average Bonchev–Trinajstić information content (AvgIpc) is 2.41. The summed E-state index contributed by atoms with van der Waals surface area (Å²) in [6, 6.07) is 11.9. The van der Waals surface area contributed by atoms with Crippen LogP contribution in [0.25, 0.3) is 0 Å². The molecular weight excluding hydrogens is 378 g/mol. The van der Waals surface area contributed by atoms with Crippen molar-refractivity contribution in [3.8, 4) is 11.5 Å². The molecule has 2 aromatic carbocycles. The summed E-state index contributed by atoms with van der Waals surface area (Å²) in [5.41, 5.74) is 0.787. The Morgan fingerprint density at radius 2 is 1.84 bits per heavy atom. The van der Waals surface area contributed by atoms with Crippen LogP contribution in [0.15, 0.2) is 46.9 Å². The lowest BCUT2D eigenvalue weighted by atomic mass is 10.2. The molecule has 19 heavy (non-hydrogen) atoms. The van der Waals surface area contributed by atoms with E-state index in [0.717, 1.165) is 10.0 Å². The minimum atomic E-state index is -0.421. The summed E-state index contributed by atoms with van der Waals surface area (Å²) in [4.78, 5) is 10.3. The molecule has 0 atom stereocenters. The average molecular weight is 387 g/mol. The molecule has 0 saturated carbocycles. The minimum Gasteiger partial charge on any atom is -0.457 e. The molecule has 0 N–H and O–H groups in total. The number of benzene rings is 2. The van der Waals surface area contributed by atoms with Gasteiger partial charge in [0.1, 0.15) is 11.5 Å². The Kier molecular flexibility index (Phi) is 4.55. The maximum atomic E-state index is 10.7. The van der Waals surface area contributed by atoms with Gasteiger partial charge >= 0.3 is 0 Å². The Balaban J connectivity index is 2.29. The van der Waals surface area contributed by atoms with Gasteiger partial charge in [-0.2, -0.15) is 0 Å². The highest BCUT2D eigenvalue weighted by Crippen LogP contribution is 2.30. The van der Waals surface area contributed by atoms with E-state index in [9.17, 15) is 10.1 Å². The first kappa shape index (κ1) is 14.0. The lowest BCUT2D eigenvalue weighted by Crippen LogP contribution is -1.93. The summed E-state index contributed by atoms with van der Waals surface area (Å²) in [7, 11) is 0. The van der Waals surface area contributed by atoms with Gasteiger partial charge in [-0.05, 0) is 30.3 Å². The number of non-ortho nitro benzene ring substituents is 1. The standard InChI is InChI=1S/C13H9Br2NO3/c14-8-9-7-11(16(17)18)3-6-13(9)19-12-4-1-10(15)2-5-12/h1-7H,8H2. The van der Waals surface area contributed by atoms with Crippen LogP contribution in [-0.4, -0.2) is 4.92 Å². The van der Waals surface area contributed by atoms with E-state index in [1.54, 1.807) is 6.07 Å². The van der Waals surface area contributed by atoms with Crippen molar-refractivity contribution in [2.24, 2.45) is 0 Å². The summed E-state index contributed by atoms with van der Waals surface area (Å²) in [5, 5.41) is 11.2. The third-order valence-corrected chi connectivity index (χ3v) is 3.57. The van der Waals surface area contributed by atoms with E-state index in [-0.39, 0.29) is 5.69 Å². The van der Waals surface area contributed by atoms with Gasteiger partial charge < -0.3 is 4.74 Å². The zero-order valence-electron chi connectivity index (χ0n) is 9.68. The maximum Gasteiger partial charge on any atom is 0.270 e. The second-order valence-corrected chi connectivity index (χ2v) is 5.22. The van der Waals surface area contributed by atoms with Crippen LogP contribution >= 0.6 is 31.9 Å². The van der Waals surface area contributed by atoms with Gasteiger partial charge in [0, 0.05) is 27.5 Å². The molecule has 0 aliphatic heterocycles. The Labute approximate surface area is 126 Å². The van der Waals surface area contributed by atoms with Crippen molar-refractivity contribution in [3.05, 3.63) is 62.6 Å². The summed E-state index contributed by atoms with van der Waals surface area (Å²) >= 11 is 6.65. The number of nitro groups is 1. The minimum absolute atomic E-state index is 0.0533. The van der Waals surface area contributed by atoms with Crippen molar-refractivity contribution in [1.29, 1.82) is 0 Å². The number of hydrogen-bond acceptors (Lipinski definition) is 3. The molecule has 4 nitrogen and oxygen atoms in total. The topological polar surface area (TPSA) is 52.4 Å². The zero-order valence-corrected chi connectivity index (χ0v) is 12.8. The molecule has 2 rings (SSSR count). The van der Waals surface area contributed by atoms with E-state index in [0.29, 0.717) is 16.8 Å². The lowest BCUT2D eigenvalue weighted by Gasteiger charge is -2.09. The quantitative estimate of drug-likeness (QED) is 0.420. The van der Waals surface area contributed by atoms with Crippen LogP contribution < -0.4 is 4.74 Å². The van der Waals surface area contributed by atoms with Crippen LogP contribution in [0, 0.1) is 10.1 Å². The molecule has 0 aliphatic rings. The Hall–Kier alpha value is -1.40. The second kappa shape index (κ2) is 6.16. The number of alkyl halides is 1. The molecule has 0 saturated heterocycles. The fourth-order valence-corrected chi connectivity index (χ4v) is 2.22. The van der Waals surface area contributed by atoms with Crippen molar-refractivity contribution in [1.82, 2.24) is 0 Å². The summed E-state index contributed by atoms with van der Waals surface area (Å²) in [6.07, 6.45) is 0. The number of nitro benzene ring substituents is 1. The predicted octanol–water partition coefficient (Wildman–Crippen LogP) is 5.04. The summed E-state index contributed by atoms with van der Waals surface area (Å²) < 4.78 is 6.68. The van der Waals surface area contributed by atoms with Gasteiger partial charge in [-0.25, -0.2) is 0 Å². The van der Waals surface area contributed by atoms with Gasteiger partial charge in [0.15, 0.2) is 0 Å². The number of hydrogen-bond donors (Lipinski definition) is 0. The molecule has 98 valence electrons. The highest BCUT2D eigenvalue weighted by molar-refractivity contribution is 9.10. The third kappa shape index (κ3) is 3.54. The first-order valence-electron chi connectivity index (χ1n) is 5.37. The number of ether oxygens (including phenoxy) is 1. The molecule has 0 heterocycles. The zero-order chi connectivity index (χ0) is 13.8. The lowest BCUT2D eigenvalue weighted by molar-refractivity contribution is -0.384. The van der Waals surface area contributed by atoms with Crippen molar-refractivity contribution in [3.63, 3.8) is 0 Å². The molecule has 0 radical (unpaired) electrons. The van der Waals surface area contributed by atoms with Crippen molar-refractivity contribution in [2.75, 3.05) is 0 Å². The van der Waals surface area contributed by atoms with E-state index < -0.39 is 4.92 Å². The molecule has 6 heteroatoms. The summed E-state index contributed by atoms with van der Waals surface area (Å²) in [6.45, 7) is 0. The Morgan fingerprint density at radius 1 is 1.16 bits per heavy atom. The van der Waals surface area contributed by atoms with Crippen LogP contribution in [-0.2, 0) is 5.33 Å². The molecule has 0 unspecified atom stereocenters. The first-order chi connectivity index (χ1) is 9.10. The van der Waals surface area contributed by atoms with Crippen molar-refractivity contribution < 1.29 is 9.66 Å². The number of rotatable bonds is 4. The highest BCUT2D eigenvalue weighted by Gasteiger charge is 2.11. The monoisotopic (exact) mass is 385 g/mol. The van der Waals surface area contributed by atoms with Crippen LogP contribution in [0.3, 0.4) is 0 Å². The van der Waals surface area contributed by atoms with Crippen LogP contribution in [0.1, 0.15) is 5.56 Å². The molecule has 2 aromatic rings. The van der Waals surface area contributed by atoms with Gasteiger partial charge in [-0.15, -0.1) is 0 Å². The molecule has 0 amide bonds. The first-order valence-corrected chi connectivity index (χ1v) is 7.28. The fourth-order valence-electron chi connectivity index (χ4n) is 1.51. The normalized spacial score (nSPS) is 10.2. The molecule has 0 fully saturated rings. The molecule has 0 spiro atoms. The van der Waals surface area contributed by atoms with Gasteiger partial charge in [0.05, 0.1) is 4.92 Å². The fraction of sp³-hybridized carbons (Fsp3) is 0.0769. The number of halogens is 2. The van der Waals surface area contributed by atoms with E-state index in [2.05, 4.69) is 31.9 Å². The highest BCUT2D eigenvalue weighted by atomic mass is 79.9. The van der Waals surface area contributed by atoms with Crippen molar-refractivity contribution in [2.45, 2.75) is 5.33 Å². The SMILES string of the molecule is O=[N+]([O-])c1ccc(Oc2ccc(Br)cc2)c(CBr)c1. The van der Waals surface area contributed by atoms with E-state index in [1.165, 1.54) is 12.1 Å². The van der Waals surface area contributed by atoms with Crippen LogP contribution in [0.5, 0.6) is 11.5 Å².